The molecule has 1 aromatic rings. The number of ether oxygens (including phenoxy) is 1. The van der Waals surface area contributed by atoms with Crippen molar-refractivity contribution in [3.8, 4) is 0 Å². The van der Waals surface area contributed by atoms with E-state index in [0.717, 1.165) is 44.0 Å². The molecule has 2 unspecified atom stereocenters. The molecule has 3 heterocycles. The summed E-state index contributed by atoms with van der Waals surface area (Å²) in [5.74, 6) is -0.123. The number of morpholine rings is 1. The van der Waals surface area contributed by atoms with Crippen LogP contribution in [0.2, 0.25) is 0 Å². The van der Waals surface area contributed by atoms with Gasteiger partial charge >= 0.3 is 0 Å². The summed E-state index contributed by atoms with van der Waals surface area (Å²) in [6.07, 6.45) is 5.11. The van der Waals surface area contributed by atoms with Gasteiger partial charge in [-0.2, -0.15) is 0 Å². The van der Waals surface area contributed by atoms with E-state index in [9.17, 15) is 9.59 Å². The quantitative estimate of drug-likeness (QED) is 0.727. The van der Waals surface area contributed by atoms with Crippen LogP contribution in [0.15, 0.2) is 12.0 Å². The predicted octanol–water partition coefficient (Wildman–Crippen LogP) is 1.43. The van der Waals surface area contributed by atoms with Crippen LogP contribution in [-0.2, 0) is 20.9 Å². The second kappa shape index (κ2) is 9.09. The van der Waals surface area contributed by atoms with Gasteiger partial charge in [0.15, 0.2) is 0 Å². The van der Waals surface area contributed by atoms with Crippen molar-refractivity contribution in [1.29, 1.82) is 0 Å². The molecule has 160 valence electrons. The summed E-state index contributed by atoms with van der Waals surface area (Å²) in [6.45, 7) is 12.4. The molecule has 2 atom stereocenters. The lowest BCUT2D eigenvalue weighted by Crippen LogP contribution is -2.47. The number of nitrogens with zero attached hydrogens (tertiary/aromatic N) is 4. The molecule has 8 heteroatoms. The molecular weight excluding hydrogens is 370 g/mol. The Morgan fingerprint density at radius 2 is 1.93 bits per heavy atom. The number of carbonyl (C=O) groups excluding carboxylic acids is 2. The van der Waals surface area contributed by atoms with Gasteiger partial charge in [-0.25, -0.2) is 4.98 Å². The Kier molecular flexibility index (Phi) is 6.74. The van der Waals surface area contributed by atoms with Gasteiger partial charge in [0.05, 0.1) is 30.8 Å². The Labute approximate surface area is 172 Å². The van der Waals surface area contributed by atoms with E-state index in [1.165, 1.54) is 4.90 Å². The van der Waals surface area contributed by atoms with E-state index >= 15 is 0 Å². The summed E-state index contributed by atoms with van der Waals surface area (Å²) in [4.78, 5) is 32.6. The smallest absolute Gasteiger partial charge is 0.270 e. The van der Waals surface area contributed by atoms with Gasteiger partial charge in [-0.1, -0.05) is 13.8 Å². The van der Waals surface area contributed by atoms with Crippen LogP contribution in [0, 0.1) is 0 Å². The molecule has 2 amide bonds. The third-order valence-electron chi connectivity index (χ3n) is 5.34. The zero-order valence-electron chi connectivity index (χ0n) is 18.1. The van der Waals surface area contributed by atoms with Crippen LogP contribution < -0.4 is 5.32 Å². The van der Waals surface area contributed by atoms with Crippen LogP contribution in [0.5, 0.6) is 0 Å². The highest BCUT2D eigenvalue weighted by Gasteiger charge is 2.26. The minimum atomic E-state index is -0.190. The third-order valence-corrected chi connectivity index (χ3v) is 5.34. The van der Waals surface area contributed by atoms with E-state index in [2.05, 4.69) is 47.5 Å². The van der Waals surface area contributed by atoms with Gasteiger partial charge in [0.1, 0.15) is 5.70 Å². The van der Waals surface area contributed by atoms with Crippen molar-refractivity contribution in [2.45, 2.75) is 58.8 Å². The van der Waals surface area contributed by atoms with Crippen molar-refractivity contribution in [3.63, 3.8) is 0 Å². The molecule has 2 saturated heterocycles. The van der Waals surface area contributed by atoms with Gasteiger partial charge in [-0.15, -0.1) is 0 Å². The van der Waals surface area contributed by atoms with Crippen molar-refractivity contribution in [2.24, 2.45) is 0 Å². The molecule has 0 aromatic carbocycles. The maximum Gasteiger partial charge on any atom is 0.270 e. The number of aryl methyl sites for hydroxylation is 1. The van der Waals surface area contributed by atoms with Gasteiger partial charge in [0, 0.05) is 38.9 Å². The molecule has 2 fully saturated rings. The number of piperazine rings is 1. The Morgan fingerprint density at radius 1 is 1.24 bits per heavy atom. The number of amides is 2. The maximum atomic E-state index is 12.4. The average molecular weight is 404 g/mol. The normalized spacial score (nSPS) is 25.2. The molecule has 0 bridgehead atoms. The van der Waals surface area contributed by atoms with Gasteiger partial charge in [-0.05, 0) is 32.3 Å². The second-order valence-corrected chi connectivity index (χ2v) is 8.50. The van der Waals surface area contributed by atoms with Gasteiger partial charge < -0.3 is 19.5 Å². The number of nitrogens with one attached hydrogen (secondary N) is 1. The molecule has 0 aliphatic carbocycles. The summed E-state index contributed by atoms with van der Waals surface area (Å²) in [5, 5.41) is 2.68. The van der Waals surface area contributed by atoms with E-state index in [1.54, 1.807) is 13.1 Å². The van der Waals surface area contributed by atoms with E-state index in [0.29, 0.717) is 0 Å². The first-order valence-corrected chi connectivity index (χ1v) is 10.4. The van der Waals surface area contributed by atoms with Crippen LogP contribution >= 0.6 is 0 Å². The molecule has 8 nitrogen and oxygen atoms in total. The number of carbonyl (C=O) groups is 2. The van der Waals surface area contributed by atoms with Gasteiger partial charge in [-0.3, -0.25) is 14.5 Å². The van der Waals surface area contributed by atoms with E-state index in [4.69, 9.17) is 4.74 Å². The summed E-state index contributed by atoms with van der Waals surface area (Å²) in [6, 6.07) is 0. The minimum absolute atomic E-state index is 0.0838. The fourth-order valence-corrected chi connectivity index (χ4v) is 4.23. The molecule has 1 aromatic heterocycles. The SMILES string of the molecule is CC1CN(CCCn2cnc(/C=C3\NC(=O)CN(C)C3=O)c2C(C)C)CC(C)O1. The van der Waals surface area contributed by atoms with Crippen molar-refractivity contribution in [3.05, 3.63) is 23.4 Å². The number of imidazole rings is 1. The fourth-order valence-electron chi connectivity index (χ4n) is 4.23. The number of hydrogen-bond acceptors (Lipinski definition) is 5. The Balaban J connectivity index is 1.69. The summed E-state index contributed by atoms with van der Waals surface area (Å²) in [5.41, 5.74) is 2.11. The van der Waals surface area contributed by atoms with E-state index in [-0.39, 0.29) is 42.2 Å². The Hall–Kier alpha value is -2.19. The zero-order valence-corrected chi connectivity index (χ0v) is 18.1. The topological polar surface area (TPSA) is 79.7 Å². The first-order chi connectivity index (χ1) is 13.7. The van der Waals surface area contributed by atoms with Crippen LogP contribution in [0.4, 0.5) is 0 Å². The minimum Gasteiger partial charge on any atom is -0.373 e. The maximum absolute atomic E-state index is 12.4. The average Bonchev–Trinajstić information content (AvgIpc) is 3.01. The molecule has 2 aliphatic rings. The molecule has 0 radical (unpaired) electrons. The summed E-state index contributed by atoms with van der Waals surface area (Å²) < 4.78 is 7.98. The highest BCUT2D eigenvalue weighted by atomic mass is 16.5. The molecule has 3 rings (SSSR count). The molecule has 0 saturated carbocycles. The van der Waals surface area contributed by atoms with Crippen molar-refractivity contribution >= 4 is 17.9 Å². The standard InChI is InChI=1S/C21H33N5O3/c1-14(2)20-17(9-18-21(28)24(5)12-19(27)23-18)22-13-26(20)8-6-7-25-10-15(3)29-16(4)11-25/h9,13-16H,6-8,10-12H2,1-5H3,(H,23,27)/b18-9-. The summed E-state index contributed by atoms with van der Waals surface area (Å²) >= 11 is 0. The third kappa shape index (κ3) is 5.25. The van der Waals surface area contributed by atoms with Gasteiger partial charge in [0.2, 0.25) is 5.91 Å². The Bertz CT molecular complexity index is 775. The van der Waals surface area contributed by atoms with E-state index < -0.39 is 0 Å². The lowest BCUT2D eigenvalue weighted by molar-refractivity contribution is -0.135. The van der Waals surface area contributed by atoms with E-state index in [1.807, 2.05) is 6.33 Å². The van der Waals surface area contributed by atoms with Crippen LogP contribution in [0.25, 0.3) is 6.08 Å². The lowest BCUT2D eigenvalue weighted by Gasteiger charge is -2.35. The molecule has 1 N–H and O–H groups in total. The highest BCUT2D eigenvalue weighted by Crippen LogP contribution is 2.22. The number of hydrogen-bond donors (Lipinski definition) is 1. The summed E-state index contributed by atoms with van der Waals surface area (Å²) in [7, 11) is 1.63. The lowest BCUT2D eigenvalue weighted by atomic mass is 10.1. The van der Waals surface area contributed by atoms with Crippen molar-refractivity contribution in [1.82, 2.24) is 24.7 Å². The Morgan fingerprint density at radius 3 is 2.59 bits per heavy atom. The molecule has 2 aliphatic heterocycles. The number of aromatic nitrogens is 2. The predicted molar refractivity (Wildman–Crippen MR) is 111 cm³/mol. The van der Waals surface area contributed by atoms with Crippen molar-refractivity contribution in [2.75, 3.05) is 33.2 Å². The highest BCUT2D eigenvalue weighted by molar-refractivity contribution is 6.05. The van der Waals surface area contributed by atoms with Crippen LogP contribution in [0.1, 0.15) is 51.4 Å². The zero-order chi connectivity index (χ0) is 21.1. The number of likely N-dealkylation sites (N-methyl/N-ethyl adjacent to an activating group) is 1. The van der Waals surface area contributed by atoms with Crippen molar-refractivity contribution < 1.29 is 14.3 Å². The second-order valence-electron chi connectivity index (χ2n) is 8.50. The van der Waals surface area contributed by atoms with Gasteiger partial charge in [0.25, 0.3) is 5.91 Å². The largest absolute Gasteiger partial charge is 0.373 e. The first-order valence-electron chi connectivity index (χ1n) is 10.4. The molecular formula is C21H33N5O3. The van der Waals surface area contributed by atoms with Crippen LogP contribution in [0.3, 0.4) is 0 Å². The van der Waals surface area contributed by atoms with Crippen LogP contribution in [-0.4, -0.2) is 76.6 Å². The molecule has 29 heavy (non-hydrogen) atoms. The fraction of sp³-hybridized carbons (Fsp3) is 0.667. The monoisotopic (exact) mass is 403 g/mol. The number of rotatable bonds is 6. The molecule has 0 spiro atoms. The first kappa shape index (κ1) is 21.5.